The molecule has 0 atom stereocenters. The number of carbonyl (C=O) groups excluding carboxylic acids is 1. The van der Waals surface area contributed by atoms with Gasteiger partial charge in [-0.05, 0) is 30.7 Å². The van der Waals surface area contributed by atoms with Gasteiger partial charge in [-0.25, -0.2) is 0 Å². The third-order valence-corrected chi connectivity index (χ3v) is 4.93. The highest BCUT2D eigenvalue weighted by Gasteiger charge is 2.24. The molecule has 132 valence electrons. The van der Waals surface area contributed by atoms with Crippen LogP contribution in [0.4, 0.5) is 0 Å². The zero-order valence-electron chi connectivity index (χ0n) is 14.7. The number of benzene rings is 2. The average molecular weight is 347 g/mol. The number of aromatic nitrogens is 2. The van der Waals surface area contributed by atoms with E-state index < -0.39 is 0 Å². The van der Waals surface area contributed by atoms with E-state index in [1.807, 2.05) is 34.8 Å². The molecule has 5 heteroatoms. The number of aromatic hydroxyl groups is 1. The summed E-state index contributed by atoms with van der Waals surface area (Å²) < 4.78 is 1.96. The van der Waals surface area contributed by atoms with Crippen LogP contribution >= 0.6 is 0 Å². The highest BCUT2D eigenvalue weighted by atomic mass is 16.3. The van der Waals surface area contributed by atoms with Crippen molar-refractivity contribution in [2.75, 3.05) is 13.1 Å². The molecule has 26 heavy (non-hydrogen) atoms. The SMILES string of the molecule is Cn1nc2c(c1-c1ccccc1)CCN(C(=O)c1ccc(O)cc1)CC2. The Balaban J connectivity index is 1.59. The van der Waals surface area contributed by atoms with E-state index in [1.165, 1.54) is 5.56 Å². The number of nitrogens with zero attached hydrogens (tertiary/aromatic N) is 3. The van der Waals surface area contributed by atoms with Gasteiger partial charge in [0.25, 0.3) is 5.91 Å². The fourth-order valence-electron chi connectivity index (χ4n) is 3.63. The van der Waals surface area contributed by atoms with Gasteiger partial charge < -0.3 is 10.0 Å². The van der Waals surface area contributed by atoms with Crippen molar-refractivity contribution in [2.45, 2.75) is 12.8 Å². The lowest BCUT2D eigenvalue weighted by atomic mass is 10.0. The van der Waals surface area contributed by atoms with Gasteiger partial charge in [0.05, 0.1) is 11.4 Å². The van der Waals surface area contributed by atoms with Crippen LogP contribution in [0.3, 0.4) is 0 Å². The minimum atomic E-state index is 0.000731. The number of phenols is 1. The van der Waals surface area contributed by atoms with Crippen molar-refractivity contribution in [3.8, 4) is 17.0 Å². The van der Waals surface area contributed by atoms with Crippen molar-refractivity contribution in [3.05, 3.63) is 71.4 Å². The summed E-state index contributed by atoms with van der Waals surface area (Å²) in [6, 6.07) is 16.7. The summed E-state index contributed by atoms with van der Waals surface area (Å²) in [5.41, 5.74) is 5.21. The first-order valence-electron chi connectivity index (χ1n) is 8.82. The van der Waals surface area contributed by atoms with Crippen LogP contribution in [-0.2, 0) is 19.9 Å². The third-order valence-electron chi connectivity index (χ3n) is 4.93. The van der Waals surface area contributed by atoms with Gasteiger partial charge >= 0.3 is 0 Å². The first kappa shape index (κ1) is 16.4. The summed E-state index contributed by atoms with van der Waals surface area (Å²) >= 11 is 0. The van der Waals surface area contributed by atoms with Crippen LogP contribution in [-0.4, -0.2) is 38.8 Å². The topological polar surface area (TPSA) is 58.4 Å². The smallest absolute Gasteiger partial charge is 0.253 e. The molecule has 0 aliphatic carbocycles. The molecule has 4 rings (SSSR count). The first-order valence-corrected chi connectivity index (χ1v) is 8.82. The van der Waals surface area contributed by atoms with Gasteiger partial charge in [0.2, 0.25) is 0 Å². The van der Waals surface area contributed by atoms with Crippen molar-refractivity contribution in [1.29, 1.82) is 0 Å². The van der Waals surface area contributed by atoms with Gasteiger partial charge in [0, 0.05) is 43.2 Å². The summed E-state index contributed by atoms with van der Waals surface area (Å²) in [6.07, 6.45) is 1.54. The molecule has 1 amide bonds. The predicted octanol–water partition coefficient (Wildman–Crippen LogP) is 3.03. The fourth-order valence-corrected chi connectivity index (χ4v) is 3.63. The number of amides is 1. The predicted molar refractivity (Wildman–Crippen MR) is 100 cm³/mol. The molecule has 2 heterocycles. The molecule has 2 aromatic carbocycles. The Labute approximate surface area is 152 Å². The minimum Gasteiger partial charge on any atom is -0.508 e. The van der Waals surface area contributed by atoms with Crippen molar-refractivity contribution in [3.63, 3.8) is 0 Å². The second kappa shape index (κ2) is 6.67. The molecule has 0 spiro atoms. The summed E-state index contributed by atoms with van der Waals surface area (Å²) in [7, 11) is 1.98. The van der Waals surface area contributed by atoms with Crippen LogP contribution in [0.1, 0.15) is 21.6 Å². The third kappa shape index (κ3) is 2.96. The number of fused-ring (bicyclic) bond motifs is 1. The summed E-state index contributed by atoms with van der Waals surface area (Å²) in [6.45, 7) is 1.32. The summed E-state index contributed by atoms with van der Waals surface area (Å²) in [5, 5.41) is 14.1. The lowest BCUT2D eigenvalue weighted by Gasteiger charge is -2.20. The number of phenolic OH excluding ortho intramolecular Hbond substituents is 1. The van der Waals surface area contributed by atoms with Crippen molar-refractivity contribution >= 4 is 5.91 Å². The maximum absolute atomic E-state index is 12.8. The summed E-state index contributed by atoms with van der Waals surface area (Å²) in [5.74, 6) is 0.169. The van der Waals surface area contributed by atoms with E-state index in [-0.39, 0.29) is 11.7 Å². The number of carbonyl (C=O) groups is 1. The monoisotopic (exact) mass is 347 g/mol. The van der Waals surface area contributed by atoms with Crippen molar-refractivity contribution < 1.29 is 9.90 Å². The van der Waals surface area contributed by atoms with E-state index >= 15 is 0 Å². The van der Waals surface area contributed by atoms with E-state index in [4.69, 9.17) is 5.10 Å². The maximum atomic E-state index is 12.8. The zero-order valence-corrected chi connectivity index (χ0v) is 14.7. The standard InChI is InChI=1S/C21H21N3O2/c1-23-20(15-5-3-2-4-6-15)18-11-13-24(14-12-19(18)22-23)21(26)16-7-9-17(25)10-8-16/h2-10,25H,11-14H2,1H3. The Morgan fingerprint density at radius 1 is 1.00 bits per heavy atom. The fraction of sp³-hybridized carbons (Fsp3) is 0.238. The lowest BCUT2D eigenvalue weighted by Crippen LogP contribution is -2.33. The quantitative estimate of drug-likeness (QED) is 0.775. The van der Waals surface area contributed by atoms with Crippen LogP contribution in [0.5, 0.6) is 5.75 Å². The number of aryl methyl sites for hydroxylation is 1. The molecule has 0 unspecified atom stereocenters. The molecule has 1 aliphatic rings. The van der Waals surface area contributed by atoms with Gasteiger partial charge in [-0.1, -0.05) is 30.3 Å². The van der Waals surface area contributed by atoms with E-state index in [0.29, 0.717) is 18.7 Å². The second-order valence-electron chi connectivity index (χ2n) is 6.60. The molecule has 1 N–H and O–H groups in total. The van der Waals surface area contributed by atoms with E-state index in [2.05, 4.69) is 12.1 Å². The Morgan fingerprint density at radius 2 is 1.69 bits per heavy atom. The largest absolute Gasteiger partial charge is 0.508 e. The Hall–Kier alpha value is -3.08. The normalized spacial score (nSPS) is 14.0. The molecule has 3 aromatic rings. The van der Waals surface area contributed by atoms with Gasteiger partial charge in [0.15, 0.2) is 0 Å². The van der Waals surface area contributed by atoms with Crippen LogP contribution in [0.25, 0.3) is 11.3 Å². The Kier molecular flexibility index (Phi) is 4.21. The second-order valence-corrected chi connectivity index (χ2v) is 6.60. The number of hydrogen-bond donors (Lipinski definition) is 1. The molecule has 0 radical (unpaired) electrons. The maximum Gasteiger partial charge on any atom is 0.253 e. The van der Waals surface area contributed by atoms with Gasteiger partial charge in [0.1, 0.15) is 5.75 Å². The molecular formula is C21H21N3O2. The van der Waals surface area contributed by atoms with E-state index in [1.54, 1.807) is 24.3 Å². The molecule has 0 fully saturated rings. The van der Waals surface area contributed by atoms with Gasteiger partial charge in [-0.2, -0.15) is 5.10 Å². The van der Waals surface area contributed by atoms with E-state index in [9.17, 15) is 9.90 Å². The zero-order chi connectivity index (χ0) is 18.1. The van der Waals surface area contributed by atoms with Crippen LogP contribution in [0.2, 0.25) is 0 Å². The van der Waals surface area contributed by atoms with E-state index in [0.717, 1.165) is 29.8 Å². The molecule has 5 nitrogen and oxygen atoms in total. The minimum absolute atomic E-state index is 0.000731. The summed E-state index contributed by atoms with van der Waals surface area (Å²) in [4.78, 5) is 14.7. The number of hydrogen-bond acceptors (Lipinski definition) is 3. The number of rotatable bonds is 2. The molecule has 0 saturated heterocycles. The molecule has 1 aliphatic heterocycles. The Morgan fingerprint density at radius 3 is 2.42 bits per heavy atom. The van der Waals surface area contributed by atoms with Crippen LogP contribution in [0.15, 0.2) is 54.6 Å². The first-order chi connectivity index (χ1) is 12.6. The highest BCUT2D eigenvalue weighted by molar-refractivity contribution is 5.94. The molecule has 0 bridgehead atoms. The molecular weight excluding hydrogens is 326 g/mol. The Bertz CT molecular complexity index is 930. The van der Waals surface area contributed by atoms with Gasteiger partial charge in [-0.15, -0.1) is 0 Å². The lowest BCUT2D eigenvalue weighted by molar-refractivity contribution is 0.0762. The van der Waals surface area contributed by atoms with Crippen molar-refractivity contribution in [1.82, 2.24) is 14.7 Å². The highest BCUT2D eigenvalue weighted by Crippen LogP contribution is 2.28. The van der Waals surface area contributed by atoms with Crippen molar-refractivity contribution in [2.24, 2.45) is 7.05 Å². The van der Waals surface area contributed by atoms with Gasteiger partial charge in [-0.3, -0.25) is 9.48 Å². The average Bonchev–Trinajstić information content (AvgIpc) is 2.84. The van der Waals surface area contributed by atoms with Crippen LogP contribution < -0.4 is 0 Å². The molecule has 0 saturated carbocycles. The van der Waals surface area contributed by atoms with Crippen LogP contribution in [0, 0.1) is 0 Å². The molecule has 1 aromatic heterocycles.